The van der Waals surface area contributed by atoms with E-state index in [-0.39, 0.29) is 5.91 Å². The van der Waals surface area contributed by atoms with E-state index in [4.69, 9.17) is 4.74 Å². The summed E-state index contributed by atoms with van der Waals surface area (Å²) in [5.41, 5.74) is 1.87. The molecule has 0 aliphatic carbocycles. The summed E-state index contributed by atoms with van der Waals surface area (Å²) in [6.07, 6.45) is 0.575. The first-order chi connectivity index (χ1) is 13.6. The molecule has 0 aliphatic rings. The van der Waals surface area contributed by atoms with E-state index in [0.29, 0.717) is 23.9 Å². The number of carbonyl (C=O) groups excluding carboxylic acids is 1. The molecule has 0 fully saturated rings. The van der Waals surface area contributed by atoms with Crippen LogP contribution in [0.1, 0.15) is 18.4 Å². The highest BCUT2D eigenvalue weighted by Gasteiger charge is 2.13. The van der Waals surface area contributed by atoms with Crippen LogP contribution in [0.2, 0.25) is 0 Å². The molecule has 10 heteroatoms. The highest BCUT2D eigenvalue weighted by molar-refractivity contribution is 7.99. The summed E-state index contributed by atoms with van der Waals surface area (Å²) in [7, 11) is 3.51. The van der Waals surface area contributed by atoms with Gasteiger partial charge in [-0.05, 0) is 31.2 Å². The molecule has 2 heterocycles. The predicted octanol–water partition coefficient (Wildman–Crippen LogP) is 2.84. The van der Waals surface area contributed by atoms with E-state index >= 15 is 0 Å². The third kappa shape index (κ3) is 5.23. The van der Waals surface area contributed by atoms with Gasteiger partial charge in [0.25, 0.3) is 0 Å². The number of amides is 1. The molecule has 28 heavy (non-hydrogen) atoms. The van der Waals surface area contributed by atoms with Crippen molar-refractivity contribution < 1.29 is 9.53 Å². The van der Waals surface area contributed by atoms with Crippen LogP contribution in [-0.2, 0) is 18.3 Å². The Morgan fingerprint density at radius 2 is 2.07 bits per heavy atom. The monoisotopic (exact) mass is 418 g/mol. The average molecular weight is 419 g/mol. The van der Waals surface area contributed by atoms with Gasteiger partial charge >= 0.3 is 0 Å². The Hall–Kier alpha value is -2.59. The van der Waals surface area contributed by atoms with Crippen LogP contribution in [0.25, 0.3) is 0 Å². The summed E-state index contributed by atoms with van der Waals surface area (Å²) in [5.74, 6) is 1.92. The van der Waals surface area contributed by atoms with Crippen LogP contribution in [0.3, 0.4) is 0 Å². The maximum Gasteiger partial charge on any atom is 0.230 e. The largest absolute Gasteiger partial charge is 0.494 e. The SMILES string of the molecule is CCOc1ccc(Nc2nc(Cc3nnc(SCC(=O)NC)n3C)cs2)cc1. The van der Waals surface area contributed by atoms with Crippen molar-refractivity contribution in [3.63, 3.8) is 0 Å². The van der Waals surface area contributed by atoms with Crippen LogP contribution in [0.4, 0.5) is 10.8 Å². The predicted molar refractivity (Wildman–Crippen MR) is 112 cm³/mol. The van der Waals surface area contributed by atoms with E-state index in [1.165, 1.54) is 23.1 Å². The molecule has 3 aromatic rings. The lowest BCUT2D eigenvalue weighted by Gasteiger charge is -2.05. The number of hydrogen-bond acceptors (Lipinski definition) is 8. The van der Waals surface area contributed by atoms with E-state index in [0.717, 1.165) is 28.1 Å². The van der Waals surface area contributed by atoms with Crippen LogP contribution in [0, 0.1) is 0 Å². The lowest BCUT2D eigenvalue weighted by molar-refractivity contribution is -0.118. The van der Waals surface area contributed by atoms with Gasteiger partial charge < -0.3 is 19.9 Å². The zero-order valence-electron chi connectivity index (χ0n) is 15.9. The number of hydrogen-bond donors (Lipinski definition) is 2. The normalized spacial score (nSPS) is 10.7. The number of nitrogens with zero attached hydrogens (tertiary/aromatic N) is 4. The van der Waals surface area contributed by atoms with Crippen molar-refractivity contribution in [2.24, 2.45) is 7.05 Å². The molecule has 0 saturated carbocycles. The molecule has 0 spiro atoms. The molecule has 0 radical (unpaired) electrons. The minimum absolute atomic E-state index is 0.0425. The maximum atomic E-state index is 11.4. The molecule has 0 unspecified atom stereocenters. The lowest BCUT2D eigenvalue weighted by Crippen LogP contribution is -2.20. The topological polar surface area (TPSA) is 94.0 Å². The summed E-state index contributed by atoms with van der Waals surface area (Å²) in [6, 6.07) is 7.78. The number of anilines is 2. The van der Waals surface area contributed by atoms with E-state index in [9.17, 15) is 4.79 Å². The van der Waals surface area contributed by atoms with Gasteiger partial charge in [0.15, 0.2) is 10.3 Å². The molecule has 0 bridgehead atoms. The number of carbonyl (C=O) groups is 1. The fraction of sp³-hybridized carbons (Fsp3) is 0.333. The molecular formula is C18H22N6O2S2. The standard InChI is InChI=1S/C18H22N6O2S2/c1-4-26-14-7-5-12(6-8-14)20-17-21-13(10-27-17)9-15-22-23-18(24(15)3)28-11-16(25)19-2/h5-8,10H,4,9,11H2,1-3H3,(H,19,25)(H,20,21). The van der Waals surface area contributed by atoms with Gasteiger partial charge in [-0.3, -0.25) is 4.79 Å². The quantitative estimate of drug-likeness (QED) is 0.516. The molecular weight excluding hydrogens is 396 g/mol. The fourth-order valence-electron chi connectivity index (χ4n) is 2.36. The second kappa shape index (κ2) is 9.56. The maximum absolute atomic E-state index is 11.4. The van der Waals surface area contributed by atoms with Crippen LogP contribution < -0.4 is 15.4 Å². The highest BCUT2D eigenvalue weighted by Crippen LogP contribution is 2.24. The van der Waals surface area contributed by atoms with Crippen molar-refractivity contribution >= 4 is 39.8 Å². The average Bonchev–Trinajstić information content (AvgIpc) is 3.29. The van der Waals surface area contributed by atoms with E-state index in [1.54, 1.807) is 7.05 Å². The molecule has 8 nitrogen and oxygen atoms in total. The number of nitrogens with one attached hydrogen (secondary N) is 2. The molecule has 0 atom stereocenters. The van der Waals surface area contributed by atoms with Gasteiger partial charge in [0, 0.05) is 25.2 Å². The molecule has 0 saturated heterocycles. The molecule has 148 valence electrons. The second-order valence-electron chi connectivity index (χ2n) is 5.82. The number of rotatable bonds is 9. The van der Waals surface area contributed by atoms with Crippen molar-refractivity contribution in [2.75, 3.05) is 24.7 Å². The number of thiazole rings is 1. The van der Waals surface area contributed by atoms with Gasteiger partial charge in [-0.25, -0.2) is 4.98 Å². The summed E-state index contributed by atoms with van der Waals surface area (Å²) in [6.45, 7) is 2.61. The summed E-state index contributed by atoms with van der Waals surface area (Å²) < 4.78 is 7.35. The molecule has 1 aromatic carbocycles. The Morgan fingerprint density at radius 3 is 2.79 bits per heavy atom. The van der Waals surface area contributed by atoms with E-state index in [2.05, 4.69) is 25.8 Å². The Labute approximate surface area is 171 Å². The molecule has 3 rings (SSSR count). The zero-order chi connectivity index (χ0) is 19.9. The van der Waals surface area contributed by atoms with Gasteiger partial charge in [0.05, 0.1) is 24.5 Å². The van der Waals surface area contributed by atoms with Crippen molar-refractivity contribution in [2.45, 2.75) is 18.5 Å². The van der Waals surface area contributed by atoms with Crippen molar-refractivity contribution in [1.29, 1.82) is 0 Å². The Balaban J connectivity index is 1.60. The summed E-state index contributed by atoms with van der Waals surface area (Å²) in [4.78, 5) is 16.0. The van der Waals surface area contributed by atoms with Crippen LogP contribution in [0.5, 0.6) is 5.75 Å². The van der Waals surface area contributed by atoms with E-state index < -0.39 is 0 Å². The molecule has 0 aliphatic heterocycles. The Kier molecular flexibility index (Phi) is 6.88. The minimum Gasteiger partial charge on any atom is -0.494 e. The lowest BCUT2D eigenvalue weighted by atomic mass is 10.3. The molecule has 2 N–H and O–H groups in total. The first-order valence-corrected chi connectivity index (χ1v) is 10.6. The summed E-state index contributed by atoms with van der Waals surface area (Å²) in [5, 5.41) is 17.8. The highest BCUT2D eigenvalue weighted by atomic mass is 32.2. The van der Waals surface area contributed by atoms with Crippen molar-refractivity contribution in [1.82, 2.24) is 25.1 Å². The van der Waals surface area contributed by atoms with Crippen molar-refractivity contribution in [3.05, 3.63) is 41.2 Å². The van der Waals surface area contributed by atoms with Crippen molar-refractivity contribution in [3.8, 4) is 5.75 Å². The van der Waals surface area contributed by atoms with E-state index in [1.807, 2.05) is 48.2 Å². The van der Waals surface area contributed by atoms with Crippen LogP contribution in [0.15, 0.2) is 34.8 Å². The van der Waals surface area contributed by atoms with Gasteiger partial charge in [-0.1, -0.05) is 11.8 Å². The molecule has 1 amide bonds. The Morgan fingerprint density at radius 1 is 1.29 bits per heavy atom. The van der Waals surface area contributed by atoms with Gasteiger partial charge in [-0.15, -0.1) is 21.5 Å². The smallest absolute Gasteiger partial charge is 0.230 e. The Bertz CT molecular complexity index is 923. The number of ether oxygens (including phenoxy) is 1. The first kappa shape index (κ1) is 20.2. The number of thioether (sulfide) groups is 1. The van der Waals surface area contributed by atoms with Gasteiger partial charge in [0.2, 0.25) is 5.91 Å². The van der Waals surface area contributed by atoms with Crippen LogP contribution >= 0.6 is 23.1 Å². The second-order valence-corrected chi connectivity index (χ2v) is 7.62. The number of benzene rings is 1. The summed E-state index contributed by atoms with van der Waals surface area (Å²) >= 11 is 2.90. The third-order valence-corrected chi connectivity index (χ3v) is 5.67. The van der Waals surface area contributed by atoms with Gasteiger partial charge in [-0.2, -0.15) is 0 Å². The zero-order valence-corrected chi connectivity index (χ0v) is 17.6. The van der Waals surface area contributed by atoms with Crippen LogP contribution in [-0.4, -0.2) is 45.1 Å². The third-order valence-electron chi connectivity index (χ3n) is 3.84. The first-order valence-electron chi connectivity index (χ1n) is 8.75. The van der Waals surface area contributed by atoms with Gasteiger partial charge in [0.1, 0.15) is 11.6 Å². The molecule has 2 aromatic heterocycles. The number of aromatic nitrogens is 4. The fourth-order valence-corrected chi connectivity index (χ4v) is 3.89. The minimum atomic E-state index is -0.0425.